The van der Waals surface area contributed by atoms with Crippen LogP contribution in [0.1, 0.15) is 43.5 Å². The van der Waals surface area contributed by atoms with Gasteiger partial charge in [0.25, 0.3) is 0 Å². The Morgan fingerprint density at radius 1 is 1.50 bits per heavy atom. The molecule has 0 aromatic carbocycles. The summed E-state index contributed by atoms with van der Waals surface area (Å²) in [7, 11) is 0. The highest BCUT2D eigenvalue weighted by Gasteiger charge is 2.15. The number of piperidine rings is 1. The summed E-state index contributed by atoms with van der Waals surface area (Å²) in [4.78, 5) is 11.8. The Bertz CT molecular complexity index is 435. The van der Waals surface area contributed by atoms with Crippen molar-refractivity contribution in [1.82, 2.24) is 20.4 Å². The summed E-state index contributed by atoms with van der Waals surface area (Å²) in [6, 6.07) is 2.45. The SMILES string of the molecule is Cc1cc(C)n(CCCNC(=O)CC2CCCCN2)n1. The smallest absolute Gasteiger partial charge is 0.221 e. The number of nitrogens with zero attached hydrogens (tertiary/aromatic N) is 2. The van der Waals surface area contributed by atoms with Gasteiger partial charge in [-0.05, 0) is 45.7 Å². The molecule has 2 N–H and O–H groups in total. The zero-order chi connectivity index (χ0) is 14.4. The molecular weight excluding hydrogens is 252 g/mol. The van der Waals surface area contributed by atoms with E-state index in [9.17, 15) is 4.79 Å². The topological polar surface area (TPSA) is 59.0 Å². The molecule has 20 heavy (non-hydrogen) atoms. The van der Waals surface area contributed by atoms with Crippen LogP contribution in [0.25, 0.3) is 0 Å². The third-order valence-electron chi connectivity index (χ3n) is 3.82. The van der Waals surface area contributed by atoms with Crippen LogP contribution in [0.15, 0.2) is 6.07 Å². The fraction of sp³-hybridized carbons (Fsp3) is 0.733. The fourth-order valence-electron chi connectivity index (χ4n) is 2.75. The van der Waals surface area contributed by atoms with E-state index < -0.39 is 0 Å². The Balaban J connectivity index is 1.60. The van der Waals surface area contributed by atoms with Gasteiger partial charge in [-0.25, -0.2) is 0 Å². The molecule has 0 spiro atoms. The van der Waals surface area contributed by atoms with E-state index in [-0.39, 0.29) is 5.91 Å². The summed E-state index contributed by atoms with van der Waals surface area (Å²) in [6.07, 6.45) is 5.13. The number of aromatic nitrogens is 2. The number of nitrogens with one attached hydrogen (secondary N) is 2. The van der Waals surface area contributed by atoms with Gasteiger partial charge in [-0.2, -0.15) is 5.10 Å². The first kappa shape index (κ1) is 15.0. The normalized spacial score (nSPS) is 19.0. The van der Waals surface area contributed by atoms with Gasteiger partial charge in [-0.3, -0.25) is 9.48 Å². The number of amides is 1. The average Bonchev–Trinajstić information content (AvgIpc) is 2.74. The second-order valence-electron chi connectivity index (χ2n) is 5.70. The van der Waals surface area contributed by atoms with Crippen LogP contribution < -0.4 is 10.6 Å². The van der Waals surface area contributed by atoms with Crippen molar-refractivity contribution in [2.24, 2.45) is 0 Å². The molecule has 1 unspecified atom stereocenters. The van der Waals surface area contributed by atoms with Crippen LogP contribution in [0, 0.1) is 13.8 Å². The minimum atomic E-state index is 0.165. The molecule has 2 heterocycles. The molecule has 1 amide bonds. The lowest BCUT2D eigenvalue weighted by Gasteiger charge is -2.22. The van der Waals surface area contributed by atoms with Gasteiger partial charge in [0.15, 0.2) is 0 Å². The van der Waals surface area contributed by atoms with Crippen molar-refractivity contribution in [3.8, 4) is 0 Å². The van der Waals surface area contributed by atoms with Gasteiger partial charge in [0, 0.05) is 31.2 Å². The van der Waals surface area contributed by atoms with E-state index in [1.165, 1.54) is 18.5 Å². The van der Waals surface area contributed by atoms with Crippen LogP contribution in [0.3, 0.4) is 0 Å². The number of hydrogen-bond donors (Lipinski definition) is 2. The third kappa shape index (κ3) is 4.63. The van der Waals surface area contributed by atoms with E-state index in [2.05, 4.69) is 28.7 Å². The second-order valence-corrected chi connectivity index (χ2v) is 5.70. The predicted octanol–water partition coefficient (Wildman–Crippen LogP) is 1.54. The number of carbonyl (C=O) groups is 1. The second kappa shape index (κ2) is 7.43. The predicted molar refractivity (Wildman–Crippen MR) is 79.6 cm³/mol. The maximum Gasteiger partial charge on any atom is 0.221 e. The summed E-state index contributed by atoms with van der Waals surface area (Å²) in [6.45, 7) is 6.71. The zero-order valence-electron chi connectivity index (χ0n) is 12.6. The number of aryl methyl sites for hydroxylation is 3. The molecule has 112 valence electrons. The summed E-state index contributed by atoms with van der Waals surface area (Å²) < 4.78 is 2.00. The Labute approximate surface area is 121 Å². The Morgan fingerprint density at radius 3 is 3.00 bits per heavy atom. The third-order valence-corrected chi connectivity index (χ3v) is 3.82. The largest absolute Gasteiger partial charge is 0.356 e. The molecule has 1 fully saturated rings. The van der Waals surface area contributed by atoms with E-state index in [4.69, 9.17) is 0 Å². The van der Waals surface area contributed by atoms with E-state index in [1.807, 2.05) is 11.6 Å². The molecule has 5 nitrogen and oxygen atoms in total. The van der Waals surface area contributed by atoms with Crippen LogP contribution in [-0.2, 0) is 11.3 Å². The molecule has 1 atom stereocenters. The van der Waals surface area contributed by atoms with E-state index in [0.717, 1.165) is 38.2 Å². The summed E-state index contributed by atoms with van der Waals surface area (Å²) in [5.41, 5.74) is 2.23. The van der Waals surface area contributed by atoms with Gasteiger partial charge in [0.1, 0.15) is 0 Å². The quantitative estimate of drug-likeness (QED) is 0.776. The molecule has 0 bridgehead atoms. The van der Waals surface area contributed by atoms with Crippen molar-refractivity contribution in [3.05, 3.63) is 17.5 Å². The lowest BCUT2D eigenvalue weighted by atomic mass is 10.0. The maximum absolute atomic E-state index is 11.8. The average molecular weight is 278 g/mol. The van der Waals surface area contributed by atoms with E-state index in [0.29, 0.717) is 12.5 Å². The molecule has 0 saturated carbocycles. The first-order valence-corrected chi connectivity index (χ1v) is 7.66. The molecular formula is C15H26N4O. The zero-order valence-corrected chi connectivity index (χ0v) is 12.6. The van der Waals surface area contributed by atoms with Crippen LogP contribution in [-0.4, -0.2) is 34.8 Å². The van der Waals surface area contributed by atoms with Crippen LogP contribution in [0.5, 0.6) is 0 Å². The highest BCUT2D eigenvalue weighted by Crippen LogP contribution is 2.09. The Morgan fingerprint density at radius 2 is 2.35 bits per heavy atom. The minimum Gasteiger partial charge on any atom is -0.356 e. The van der Waals surface area contributed by atoms with Gasteiger partial charge >= 0.3 is 0 Å². The van der Waals surface area contributed by atoms with Crippen molar-refractivity contribution in [2.45, 2.75) is 58.5 Å². The van der Waals surface area contributed by atoms with Crippen molar-refractivity contribution in [2.75, 3.05) is 13.1 Å². The van der Waals surface area contributed by atoms with Crippen LogP contribution >= 0.6 is 0 Å². The highest BCUT2D eigenvalue weighted by molar-refractivity contribution is 5.76. The van der Waals surface area contributed by atoms with Crippen molar-refractivity contribution in [3.63, 3.8) is 0 Å². The standard InChI is InChI=1S/C15H26N4O/c1-12-10-13(2)19(18-12)9-5-8-17-15(20)11-14-6-3-4-7-16-14/h10,14,16H,3-9,11H2,1-2H3,(H,17,20). The number of hydrogen-bond acceptors (Lipinski definition) is 3. The molecule has 5 heteroatoms. The van der Waals surface area contributed by atoms with Crippen molar-refractivity contribution >= 4 is 5.91 Å². The minimum absolute atomic E-state index is 0.165. The first-order valence-electron chi connectivity index (χ1n) is 7.66. The lowest BCUT2D eigenvalue weighted by Crippen LogP contribution is -2.39. The summed E-state index contributed by atoms with van der Waals surface area (Å²) in [5, 5.41) is 10.8. The highest BCUT2D eigenvalue weighted by atomic mass is 16.1. The molecule has 1 saturated heterocycles. The molecule has 1 aliphatic rings. The van der Waals surface area contributed by atoms with E-state index >= 15 is 0 Å². The number of carbonyl (C=O) groups excluding carboxylic acids is 1. The summed E-state index contributed by atoms with van der Waals surface area (Å²) in [5.74, 6) is 0.165. The van der Waals surface area contributed by atoms with Gasteiger partial charge in [-0.1, -0.05) is 6.42 Å². The molecule has 0 aliphatic carbocycles. The van der Waals surface area contributed by atoms with E-state index in [1.54, 1.807) is 0 Å². The van der Waals surface area contributed by atoms with Crippen LogP contribution in [0.4, 0.5) is 0 Å². The molecule has 1 aromatic rings. The van der Waals surface area contributed by atoms with Gasteiger partial charge in [0.2, 0.25) is 5.91 Å². The maximum atomic E-state index is 11.8. The Kier molecular flexibility index (Phi) is 5.59. The molecule has 0 radical (unpaired) electrons. The van der Waals surface area contributed by atoms with Gasteiger partial charge in [-0.15, -0.1) is 0 Å². The first-order chi connectivity index (χ1) is 9.65. The molecule has 1 aromatic heterocycles. The number of rotatable bonds is 6. The summed E-state index contributed by atoms with van der Waals surface area (Å²) >= 11 is 0. The lowest BCUT2D eigenvalue weighted by molar-refractivity contribution is -0.121. The van der Waals surface area contributed by atoms with Crippen molar-refractivity contribution < 1.29 is 4.79 Å². The van der Waals surface area contributed by atoms with Crippen molar-refractivity contribution in [1.29, 1.82) is 0 Å². The van der Waals surface area contributed by atoms with Gasteiger partial charge < -0.3 is 10.6 Å². The Hall–Kier alpha value is -1.36. The van der Waals surface area contributed by atoms with Gasteiger partial charge in [0.05, 0.1) is 5.69 Å². The fourth-order valence-corrected chi connectivity index (χ4v) is 2.75. The monoisotopic (exact) mass is 278 g/mol. The molecule has 2 rings (SSSR count). The van der Waals surface area contributed by atoms with Crippen LogP contribution in [0.2, 0.25) is 0 Å². The molecule has 1 aliphatic heterocycles.